The van der Waals surface area contributed by atoms with Crippen molar-refractivity contribution in [1.29, 1.82) is 0 Å². The summed E-state index contributed by atoms with van der Waals surface area (Å²) in [6.45, 7) is 4.33. The molecular formula is C20H28N4O. The van der Waals surface area contributed by atoms with Gasteiger partial charge in [-0.3, -0.25) is 0 Å². The molecule has 5 nitrogen and oxygen atoms in total. The molecule has 0 radical (unpaired) electrons. The molecule has 0 aliphatic rings. The van der Waals surface area contributed by atoms with Crippen LogP contribution in [0.15, 0.2) is 53.5 Å². The fourth-order valence-corrected chi connectivity index (χ4v) is 2.35. The van der Waals surface area contributed by atoms with Gasteiger partial charge in [-0.2, -0.15) is 0 Å². The largest absolute Gasteiger partial charge is 0.494 e. The van der Waals surface area contributed by atoms with Gasteiger partial charge >= 0.3 is 0 Å². The summed E-state index contributed by atoms with van der Waals surface area (Å²) in [4.78, 5) is 6.53. The van der Waals surface area contributed by atoms with Crippen molar-refractivity contribution in [3.8, 4) is 5.75 Å². The third-order valence-corrected chi connectivity index (χ3v) is 3.66. The monoisotopic (exact) mass is 340 g/mol. The molecule has 0 heterocycles. The van der Waals surface area contributed by atoms with E-state index in [4.69, 9.17) is 10.5 Å². The molecule has 0 spiro atoms. The fraction of sp³-hybridized carbons (Fsp3) is 0.350. The molecule has 0 bridgehead atoms. The second-order valence-corrected chi connectivity index (χ2v) is 6.35. The van der Waals surface area contributed by atoms with Crippen LogP contribution in [0.1, 0.15) is 17.5 Å². The first-order valence-corrected chi connectivity index (χ1v) is 8.53. The van der Waals surface area contributed by atoms with Crippen LogP contribution in [0.2, 0.25) is 0 Å². The van der Waals surface area contributed by atoms with E-state index in [-0.39, 0.29) is 0 Å². The number of ether oxygens (including phenoxy) is 1. The van der Waals surface area contributed by atoms with Crippen LogP contribution in [0.4, 0.5) is 5.69 Å². The van der Waals surface area contributed by atoms with Crippen LogP contribution in [-0.2, 0) is 6.54 Å². The van der Waals surface area contributed by atoms with Crippen LogP contribution in [0.3, 0.4) is 0 Å². The lowest BCUT2D eigenvalue weighted by atomic mass is 10.2. The molecule has 2 aromatic carbocycles. The van der Waals surface area contributed by atoms with Crippen LogP contribution < -0.4 is 15.8 Å². The molecule has 134 valence electrons. The van der Waals surface area contributed by atoms with Gasteiger partial charge < -0.3 is 20.7 Å². The number of hydrogen-bond donors (Lipinski definition) is 2. The number of nitrogens with zero attached hydrogens (tertiary/aromatic N) is 2. The van der Waals surface area contributed by atoms with E-state index in [0.29, 0.717) is 12.5 Å². The summed E-state index contributed by atoms with van der Waals surface area (Å²) in [6, 6.07) is 16.0. The molecular weight excluding hydrogens is 312 g/mol. The molecule has 2 aromatic rings. The molecule has 0 fully saturated rings. The molecule has 2 rings (SSSR count). The molecule has 0 aromatic heterocycles. The van der Waals surface area contributed by atoms with Gasteiger partial charge in [0.2, 0.25) is 0 Å². The van der Waals surface area contributed by atoms with E-state index in [2.05, 4.69) is 29.3 Å². The van der Waals surface area contributed by atoms with E-state index in [1.54, 1.807) is 0 Å². The van der Waals surface area contributed by atoms with Crippen molar-refractivity contribution < 1.29 is 4.74 Å². The summed E-state index contributed by atoms with van der Waals surface area (Å²) in [7, 11) is 4.13. The Morgan fingerprint density at radius 1 is 1.16 bits per heavy atom. The minimum Gasteiger partial charge on any atom is -0.494 e. The summed E-state index contributed by atoms with van der Waals surface area (Å²) < 4.78 is 5.73. The SMILES string of the molecule is Cc1cccc(NC(N)=NCc2ccc(OCCCN(C)C)cc2)c1. The Balaban J connectivity index is 1.80. The Morgan fingerprint density at radius 2 is 1.92 bits per heavy atom. The second kappa shape index (κ2) is 9.69. The standard InChI is InChI=1S/C20H28N4O/c1-16-6-4-7-18(14-16)23-20(21)22-15-17-8-10-19(11-9-17)25-13-5-12-24(2)3/h4,6-11,14H,5,12-13,15H2,1-3H3,(H3,21,22,23). The maximum absolute atomic E-state index is 5.95. The van der Waals surface area contributed by atoms with E-state index < -0.39 is 0 Å². The lowest BCUT2D eigenvalue weighted by Gasteiger charge is -2.10. The van der Waals surface area contributed by atoms with Crippen molar-refractivity contribution in [2.45, 2.75) is 19.9 Å². The Morgan fingerprint density at radius 3 is 2.60 bits per heavy atom. The van der Waals surface area contributed by atoms with Crippen LogP contribution in [-0.4, -0.2) is 38.1 Å². The van der Waals surface area contributed by atoms with Crippen LogP contribution in [0.5, 0.6) is 5.75 Å². The molecule has 25 heavy (non-hydrogen) atoms. The summed E-state index contributed by atoms with van der Waals surface area (Å²) in [5.74, 6) is 1.30. The highest BCUT2D eigenvalue weighted by molar-refractivity contribution is 5.92. The van der Waals surface area contributed by atoms with Crippen molar-refractivity contribution >= 4 is 11.6 Å². The normalized spacial score (nSPS) is 11.6. The first kappa shape index (κ1) is 18.8. The van der Waals surface area contributed by atoms with Crippen molar-refractivity contribution in [3.05, 3.63) is 59.7 Å². The van der Waals surface area contributed by atoms with Crippen LogP contribution in [0.25, 0.3) is 0 Å². The molecule has 0 saturated carbocycles. The van der Waals surface area contributed by atoms with E-state index in [1.807, 2.05) is 55.5 Å². The van der Waals surface area contributed by atoms with Crippen LogP contribution >= 0.6 is 0 Å². The van der Waals surface area contributed by atoms with Gasteiger partial charge in [-0.25, -0.2) is 4.99 Å². The molecule has 5 heteroatoms. The van der Waals surface area contributed by atoms with E-state index >= 15 is 0 Å². The smallest absolute Gasteiger partial charge is 0.193 e. The molecule has 0 aliphatic heterocycles. The Kier molecular flexibility index (Phi) is 7.29. The Hall–Kier alpha value is -2.53. The zero-order valence-electron chi connectivity index (χ0n) is 15.3. The van der Waals surface area contributed by atoms with E-state index in [9.17, 15) is 0 Å². The quantitative estimate of drug-likeness (QED) is 0.440. The number of aryl methyl sites for hydroxylation is 1. The number of anilines is 1. The number of hydrogen-bond acceptors (Lipinski definition) is 3. The third kappa shape index (κ3) is 7.27. The van der Waals surface area contributed by atoms with Gasteiger partial charge in [-0.05, 0) is 62.8 Å². The van der Waals surface area contributed by atoms with Gasteiger partial charge in [0, 0.05) is 12.2 Å². The molecule has 0 saturated heterocycles. The Labute approximate surface area is 150 Å². The number of nitrogens with one attached hydrogen (secondary N) is 1. The molecule has 3 N–H and O–H groups in total. The number of nitrogens with two attached hydrogens (primary N) is 1. The second-order valence-electron chi connectivity index (χ2n) is 6.35. The fourth-order valence-electron chi connectivity index (χ4n) is 2.35. The average molecular weight is 340 g/mol. The Bertz CT molecular complexity index is 680. The lowest BCUT2D eigenvalue weighted by molar-refractivity contribution is 0.281. The zero-order chi connectivity index (χ0) is 18.1. The maximum Gasteiger partial charge on any atom is 0.193 e. The summed E-state index contributed by atoms with van der Waals surface area (Å²) in [5, 5.41) is 3.11. The van der Waals surface area contributed by atoms with Crippen molar-refractivity contribution in [2.24, 2.45) is 10.7 Å². The lowest BCUT2D eigenvalue weighted by Crippen LogP contribution is -2.22. The highest BCUT2D eigenvalue weighted by Gasteiger charge is 1.98. The number of aliphatic imine (C=N–C) groups is 1. The first-order chi connectivity index (χ1) is 12.0. The summed E-state index contributed by atoms with van der Waals surface area (Å²) >= 11 is 0. The van der Waals surface area contributed by atoms with E-state index in [0.717, 1.165) is 36.6 Å². The highest BCUT2D eigenvalue weighted by Crippen LogP contribution is 2.13. The van der Waals surface area contributed by atoms with Gasteiger partial charge in [-0.1, -0.05) is 24.3 Å². The average Bonchev–Trinajstić information content (AvgIpc) is 2.58. The topological polar surface area (TPSA) is 62.9 Å². The first-order valence-electron chi connectivity index (χ1n) is 8.53. The minimum absolute atomic E-state index is 0.412. The van der Waals surface area contributed by atoms with Gasteiger partial charge in [-0.15, -0.1) is 0 Å². The highest BCUT2D eigenvalue weighted by atomic mass is 16.5. The summed E-state index contributed by atoms with van der Waals surface area (Å²) in [6.07, 6.45) is 1.01. The molecule has 0 amide bonds. The zero-order valence-corrected chi connectivity index (χ0v) is 15.3. The number of rotatable bonds is 8. The predicted octanol–water partition coefficient (Wildman–Crippen LogP) is 3.25. The van der Waals surface area contributed by atoms with Gasteiger partial charge in [0.1, 0.15) is 5.75 Å². The van der Waals surface area contributed by atoms with Gasteiger partial charge in [0.25, 0.3) is 0 Å². The van der Waals surface area contributed by atoms with Gasteiger partial charge in [0.05, 0.1) is 13.2 Å². The van der Waals surface area contributed by atoms with Crippen molar-refractivity contribution in [2.75, 3.05) is 32.6 Å². The molecule has 0 atom stereocenters. The van der Waals surface area contributed by atoms with Gasteiger partial charge in [0.15, 0.2) is 5.96 Å². The minimum atomic E-state index is 0.412. The number of benzene rings is 2. The summed E-state index contributed by atoms with van der Waals surface area (Å²) in [5.41, 5.74) is 9.17. The predicted molar refractivity (Wildman–Crippen MR) is 105 cm³/mol. The maximum atomic E-state index is 5.95. The third-order valence-electron chi connectivity index (χ3n) is 3.66. The molecule has 0 aliphatic carbocycles. The van der Waals surface area contributed by atoms with Crippen molar-refractivity contribution in [3.63, 3.8) is 0 Å². The van der Waals surface area contributed by atoms with Crippen LogP contribution in [0, 0.1) is 6.92 Å². The van der Waals surface area contributed by atoms with E-state index in [1.165, 1.54) is 5.56 Å². The molecule has 0 unspecified atom stereocenters. The number of guanidine groups is 1. The van der Waals surface area contributed by atoms with Crippen molar-refractivity contribution in [1.82, 2.24) is 4.90 Å².